The lowest BCUT2D eigenvalue weighted by Gasteiger charge is -2.31. The highest BCUT2D eigenvalue weighted by atomic mass is 16.5. The Morgan fingerprint density at radius 1 is 1.30 bits per heavy atom. The second kappa shape index (κ2) is 10.7. The maximum absolute atomic E-state index is 13.2. The van der Waals surface area contributed by atoms with E-state index in [4.69, 9.17) is 9.72 Å². The SMILES string of the molecule is CCn1c(C(C)N(CCCOC)C(=O)CCC2CCCC2)nc2ccccc2c1=O. The number of para-hydroxylation sites is 1. The third-order valence-electron chi connectivity index (χ3n) is 6.36. The molecule has 1 aliphatic carbocycles. The molecule has 1 unspecified atom stereocenters. The molecule has 1 saturated carbocycles. The standard InChI is InChI=1S/C24H35N3O3/c1-4-26-23(25-21-13-8-7-12-20(21)24(26)29)18(2)27(16-9-17-30-3)22(28)15-14-19-10-5-6-11-19/h7-8,12-13,18-19H,4-6,9-11,14-17H2,1-3H3. The van der Waals surface area contributed by atoms with Gasteiger partial charge in [-0.3, -0.25) is 14.2 Å². The lowest BCUT2D eigenvalue weighted by molar-refractivity contribution is -0.134. The van der Waals surface area contributed by atoms with Crippen LogP contribution >= 0.6 is 0 Å². The van der Waals surface area contributed by atoms with Gasteiger partial charge in [0.2, 0.25) is 5.91 Å². The number of nitrogens with zero attached hydrogens (tertiary/aromatic N) is 3. The molecular weight excluding hydrogens is 378 g/mol. The molecule has 164 valence electrons. The predicted octanol–water partition coefficient (Wildman–Crippen LogP) is 4.31. The maximum atomic E-state index is 13.2. The number of benzene rings is 1. The molecular formula is C24H35N3O3. The van der Waals surface area contributed by atoms with Crippen molar-refractivity contribution in [1.29, 1.82) is 0 Å². The molecule has 0 radical (unpaired) electrons. The Morgan fingerprint density at radius 3 is 2.73 bits per heavy atom. The van der Waals surface area contributed by atoms with E-state index in [9.17, 15) is 9.59 Å². The van der Waals surface area contributed by atoms with Crippen LogP contribution in [0, 0.1) is 5.92 Å². The first-order valence-electron chi connectivity index (χ1n) is 11.3. The van der Waals surface area contributed by atoms with Crippen LogP contribution in [0.2, 0.25) is 0 Å². The highest BCUT2D eigenvalue weighted by molar-refractivity contribution is 5.78. The van der Waals surface area contributed by atoms with Gasteiger partial charge in [-0.15, -0.1) is 0 Å². The number of fused-ring (bicyclic) bond motifs is 1. The van der Waals surface area contributed by atoms with Crippen LogP contribution < -0.4 is 5.56 Å². The number of amides is 1. The van der Waals surface area contributed by atoms with Gasteiger partial charge in [0, 0.05) is 33.2 Å². The van der Waals surface area contributed by atoms with Crippen LogP contribution in [0.15, 0.2) is 29.1 Å². The molecule has 1 atom stereocenters. The second-order valence-electron chi connectivity index (χ2n) is 8.34. The Labute approximate surface area is 179 Å². The average Bonchev–Trinajstić information content (AvgIpc) is 3.28. The van der Waals surface area contributed by atoms with Crippen molar-refractivity contribution in [1.82, 2.24) is 14.5 Å². The lowest BCUT2D eigenvalue weighted by Crippen LogP contribution is -2.38. The van der Waals surface area contributed by atoms with E-state index in [1.807, 2.05) is 43.0 Å². The van der Waals surface area contributed by atoms with E-state index in [0.717, 1.165) is 12.8 Å². The Hall–Kier alpha value is -2.21. The molecule has 1 fully saturated rings. The summed E-state index contributed by atoms with van der Waals surface area (Å²) in [5, 5.41) is 0.619. The number of hydrogen-bond acceptors (Lipinski definition) is 4. The van der Waals surface area contributed by atoms with Gasteiger partial charge < -0.3 is 9.64 Å². The molecule has 1 aliphatic rings. The summed E-state index contributed by atoms with van der Waals surface area (Å²) in [6, 6.07) is 7.16. The highest BCUT2D eigenvalue weighted by Gasteiger charge is 2.26. The van der Waals surface area contributed by atoms with Gasteiger partial charge >= 0.3 is 0 Å². The largest absolute Gasteiger partial charge is 0.385 e. The molecule has 6 nitrogen and oxygen atoms in total. The zero-order valence-corrected chi connectivity index (χ0v) is 18.6. The fraction of sp³-hybridized carbons (Fsp3) is 0.625. The van der Waals surface area contributed by atoms with Crippen molar-refractivity contribution >= 4 is 16.8 Å². The van der Waals surface area contributed by atoms with E-state index in [0.29, 0.717) is 48.8 Å². The van der Waals surface area contributed by atoms with Crippen molar-refractivity contribution in [2.75, 3.05) is 20.3 Å². The van der Waals surface area contributed by atoms with Gasteiger partial charge in [0.05, 0.1) is 16.9 Å². The van der Waals surface area contributed by atoms with Crippen molar-refractivity contribution in [3.63, 3.8) is 0 Å². The maximum Gasteiger partial charge on any atom is 0.261 e. The molecule has 0 bridgehead atoms. The van der Waals surface area contributed by atoms with Crippen molar-refractivity contribution < 1.29 is 9.53 Å². The molecule has 0 saturated heterocycles. The van der Waals surface area contributed by atoms with E-state index in [-0.39, 0.29) is 17.5 Å². The molecule has 1 aromatic heterocycles. The Balaban J connectivity index is 1.88. The number of hydrogen-bond donors (Lipinski definition) is 0. The zero-order valence-electron chi connectivity index (χ0n) is 18.6. The van der Waals surface area contributed by atoms with Crippen LogP contribution in [-0.4, -0.2) is 40.6 Å². The number of ether oxygens (including phenoxy) is 1. The minimum absolute atomic E-state index is 0.0415. The third-order valence-corrected chi connectivity index (χ3v) is 6.36. The summed E-state index contributed by atoms with van der Waals surface area (Å²) >= 11 is 0. The topological polar surface area (TPSA) is 64.4 Å². The van der Waals surface area contributed by atoms with Gasteiger partial charge in [-0.25, -0.2) is 4.98 Å². The molecule has 2 aromatic rings. The quantitative estimate of drug-likeness (QED) is 0.545. The number of carbonyl (C=O) groups is 1. The average molecular weight is 414 g/mol. The lowest BCUT2D eigenvalue weighted by atomic mass is 10.0. The van der Waals surface area contributed by atoms with Crippen molar-refractivity contribution in [3.8, 4) is 0 Å². The van der Waals surface area contributed by atoms with E-state index in [1.165, 1.54) is 25.7 Å². The van der Waals surface area contributed by atoms with Crippen molar-refractivity contribution in [2.45, 2.75) is 71.4 Å². The molecule has 30 heavy (non-hydrogen) atoms. The summed E-state index contributed by atoms with van der Waals surface area (Å²) in [7, 11) is 1.68. The minimum atomic E-state index is -0.268. The number of carbonyl (C=O) groups excluding carboxylic acids is 1. The molecule has 1 heterocycles. The zero-order chi connectivity index (χ0) is 21.5. The molecule has 1 amide bonds. The van der Waals surface area contributed by atoms with Gasteiger partial charge in [-0.1, -0.05) is 37.8 Å². The van der Waals surface area contributed by atoms with Crippen LogP contribution in [0.25, 0.3) is 10.9 Å². The van der Waals surface area contributed by atoms with Gasteiger partial charge in [0.25, 0.3) is 5.56 Å². The van der Waals surface area contributed by atoms with Crippen LogP contribution in [0.1, 0.15) is 70.7 Å². The summed E-state index contributed by atoms with van der Waals surface area (Å²) in [4.78, 5) is 33.0. The van der Waals surface area contributed by atoms with Gasteiger partial charge in [0.15, 0.2) is 0 Å². The van der Waals surface area contributed by atoms with E-state index in [2.05, 4.69) is 0 Å². The summed E-state index contributed by atoms with van der Waals surface area (Å²) < 4.78 is 6.92. The Morgan fingerprint density at radius 2 is 2.03 bits per heavy atom. The van der Waals surface area contributed by atoms with Gasteiger partial charge in [-0.05, 0) is 44.7 Å². The fourth-order valence-corrected chi connectivity index (χ4v) is 4.63. The second-order valence-corrected chi connectivity index (χ2v) is 8.34. The highest BCUT2D eigenvalue weighted by Crippen LogP contribution is 2.29. The number of rotatable bonds is 10. The van der Waals surface area contributed by atoms with Crippen LogP contribution in [-0.2, 0) is 16.1 Å². The summed E-state index contributed by atoms with van der Waals surface area (Å²) in [6.45, 7) is 5.67. The predicted molar refractivity (Wildman–Crippen MR) is 119 cm³/mol. The Kier molecular flexibility index (Phi) is 8.02. The van der Waals surface area contributed by atoms with E-state index >= 15 is 0 Å². The van der Waals surface area contributed by atoms with Crippen LogP contribution in [0.4, 0.5) is 0 Å². The first kappa shape index (κ1) is 22.5. The molecule has 0 aliphatic heterocycles. The van der Waals surface area contributed by atoms with Crippen LogP contribution in [0.3, 0.4) is 0 Å². The monoisotopic (exact) mass is 413 g/mol. The van der Waals surface area contributed by atoms with Gasteiger partial charge in [-0.2, -0.15) is 0 Å². The van der Waals surface area contributed by atoms with Gasteiger partial charge in [0.1, 0.15) is 5.82 Å². The molecule has 3 rings (SSSR count). The number of methoxy groups -OCH3 is 1. The third kappa shape index (κ3) is 5.09. The first-order chi connectivity index (χ1) is 14.6. The Bertz CT molecular complexity index is 902. The minimum Gasteiger partial charge on any atom is -0.385 e. The molecule has 0 N–H and O–H groups in total. The normalized spacial score (nSPS) is 15.6. The van der Waals surface area contributed by atoms with Crippen molar-refractivity contribution in [3.05, 3.63) is 40.4 Å². The summed E-state index contributed by atoms with van der Waals surface area (Å²) in [5.74, 6) is 1.49. The molecule has 0 spiro atoms. The number of aromatic nitrogens is 2. The smallest absolute Gasteiger partial charge is 0.261 e. The fourth-order valence-electron chi connectivity index (χ4n) is 4.63. The van der Waals surface area contributed by atoms with E-state index in [1.54, 1.807) is 11.7 Å². The molecule has 6 heteroatoms. The summed E-state index contributed by atoms with van der Waals surface area (Å²) in [5.41, 5.74) is 0.643. The van der Waals surface area contributed by atoms with Crippen molar-refractivity contribution in [2.24, 2.45) is 5.92 Å². The van der Waals surface area contributed by atoms with Crippen LogP contribution in [0.5, 0.6) is 0 Å². The molecule has 1 aromatic carbocycles. The summed E-state index contributed by atoms with van der Waals surface area (Å²) in [6.07, 6.45) is 7.35. The van der Waals surface area contributed by atoms with E-state index < -0.39 is 0 Å². The first-order valence-corrected chi connectivity index (χ1v) is 11.3.